The monoisotopic (exact) mass is 670 g/mol. The van der Waals surface area contributed by atoms with Crippen molar-refractivity contribution < 1.29 is 4.42 Å². The maximum Gasteiger partial charge on any atom is 0.165 e. The van der Waals surface area contributed by atoms with Gasteiger partial charge in [0.15, 0.2) is 17.5 Å². The lowest BCUT2D eigenvalue weighted by atomic mass is 10.1. The Kier molecular flexibility index (Phi) is 6.05. The largest absolute Gasteiger partial charge is 0.456 e. The highest BCUT2D eigenvalue weighted by Crippen LogP contribution is 2.46. The van der Waals surface area contributed by atoms with E-state index in [9.17, 15) is 0 Å². The molecule has 0 aliphatic heterocycles. The van der Waals surface area contributed by atoms with Crippen molar-refractivity contribution in [1.29, 1.82) is 0 Å². The van der Waals surface area contributed by atoms with Crippen molar-refractivity contribution in [3.8, 4) is 39.9 Å². The highest BCUT2D eigenvalue weighted by atomic mass is 32.1. The van der Waals surface area contributed by atoms with E-state index >= 15 is 0 Å². The first kappa shape index (κ1) is 28.2. The fourth-order valence-corrected chi connectivity index (χ4v) is 8.91. The van der Waals surface area contributed by atoms with Crippen LogP contribution >= 0.6 is 11.3 Å². The molecule has 0 amide bonds. The van der Waals surface area contributed by atoms with Crippen molar-refractivity contribution in [2.24, 2.45) is 0 Å². The Balaban J connectivity index is 1.17. The van der Waals surface area contributed by atoms with Gasteiger partial charge in [0.2, 0.25) is 0 Å². The van der Waals surface area contributed by atoms with Crippen molar-refractivity contribution in [2.45, 2.75) is 0 Å². The molecule has 5 nitrogen and oxygen atoms in total. The first-order chi connectivity index (χ1) is 25.3. The minimum atomic E-state index is 0.658. The van der Waals surface area contributed by atoms with E-state index in [1.165, 1.54) is 37.3 Å². The van der Waals surface area contributed by atoms with Gasteiger partial charge in [-0.1, -0.05) is 115 Å². The lowest BCUT2D eigenvalue weighted by Gasteiger charge is -2.09. The maximum atomic E-state index is 6.18. The molecule has 238 valence electrons. The molecule has 4 heterocycles. The molecule has 0 N–H and O–H groups in total. The summed E-state index contributed by atoms with van der Waals surface area (Å²) in [7, 11) is 0. The molecule has 6 heteroatoms. The van der Waals surface area contributed by atoms with Crippen molar-refractivity contribution in [3.63, 3.8) is 0 Å². The molecule has 0 spiro atoms. The smallest absolute Gasteiger partial charge is 0.165 e. The number of hydrogen-bond acceptors (Lipinski definition) is 5. The molecule has 0 aliphatic carbocycles. The Bertz CT molecular complexity index is 3080. The van der Waals surface area contributed by atoms with Gasteiger partial charge < -0.3 is 8.98 Å². The minimum Gasteiger partial charge on any atom is -0.456 e. The van der Waals surface area contributed by atoms with E-state index in [1.807, 2.05) is 84.1 Å². The summed E-state index contributed by atoms with van der Waals surface area (Å²) in [6, 6.07) is 54.8. The summed E-state index contributed by atoms with van der Waals surface area (Å²) < 4.78 is 11.0. The second kappa shape index (κ2) is 10.9. The SMILES string of the molecule is c1ccc(-c2nc(-c3ccccc3)nc(-c3cccc4c3sc3c4ccc4c3c3ccccc3n4-c3ccc4oc5ccccc5c4c3)n2)cc1. The first-order valence-electron chi connectivity index (χ1n) is 16.9. The van der Waals surface area contributed by atoms with Gasteiger partial charge in [0.05, 0.1) is 11.0 Å². The summed E-state index contributed by atoms with van der Waals surface area (Å²) in [5, 5.41) is 7.13. The molecule has 7 aromatic carbocycles. The molecular weight excluding hydrogens is 645 g/mol. The number of rotatable bonds is 4. The molecule has 4 aromatic heterocycles. The third-order valence-electron chi connectivity index (χ3n) is 9.86. The van der Waals surface area contributed by atoms with Crippen molar-refractivity contribution >= 4 is 75.3 Å². The van der Waals surface area contributed by atoms with Gasteiger partial charge in [-0.25, -0.2) is 15.0 Å². The minimum absolute atomic E-state index is 0.658. The average molecular weight is 671 g/mol. The lowest BCUT2D eigenvalue weighted by Crippen LogP contribution is -2.00. The predicted molar refractivity (Wildman–Crippen MR) is 211 cm³/mol. The summed E-state index contributed by atoms with van der Waals surface area (Å²) in [5.41, 5.74) is 8.15. The third-order valence-corrected chi connectivity index (χ3v) is 11.1. The van der Waals surface area contributed by atoms with E-state index < -0.39 is 0 Å². The van der Waals surface area contributed by atoms with Gasteiger partial charge in [-0.15, -0.1) is 11.3 Å². The van der Waals surface area contributed by atoms with Gasteiger partial charge in [0.25, 0.3) is 0 Å². The zero-order chi connectivity index (χ0) is 33.5. The van der Waals surface area contributed by atoms with Gasteiger partial charge in [-0.3, -0.25) is 0 Å². The van der Waals surface area contributed by atoms with Crippen LogP contribution in [-0.4, -0.2) is 19.5 Å². The van der Waals surface area contributed by atoms with E-state index in [-0.39, 0.29) is 0 Å². The molecule has 11 aromatic rings. The average Bonchev–Trinajstić information content (AvgIpc) is 3.87. The van der Waals surface area contributed by atoms with E-state index in [1.54, 1.807) is 0 Å². The molecule has 0 atom stereocenters. The van der Waals surface area contributed by atoms with Gasteiger partial charge >= 0.3 is 0 Å². The van der Waals surface area contributed by atoms with Gasteiger partial charge in [-0.05, 0) is 42.5 Å². The fraction of sp³-hybridized carbons (Fsp3) is 0. The second-order valence-electron chi connectivity index (χ2n) is 12.8. The van der Waals surface area contributed by atoms with Crippen molar-refractivity contribution in [2.75, 3.05) is 0 Å². The number of aromatic nitrogens is 4. The molecule has 0 bridgehead atoms. The highest BCUT2D eigenvalue weighted by Gasteiger charge is 2.21. The van der Waals surface area contributed by atoms with Crippen LogP contribution < -0.4 is 0 Å². The number of para-hydroxylation sites is 2. The highest BCUT2D eigenvalue weighted by molar-refractivity contribution is 7.27. The van der Waals surface area contributed by atoms with Crippen LogP contribution in [0.2, 0.25) is 0 Å². The molecule has 11 rings (SSSR count). The molecule has 0 saturated carbocycles. The van der Waals surface area contributed by atoms with Crippen LogP contribution in [0.3, 0.4) is 0 Å². The third kappa shape index (κ3) is 4.30. The number of thiophene rings is 1. The number of nitrogens with zero attached hydrogens (tertiary/aromatic N) is 4. The Labute approximate surface area is 295 Å². The molecule has 0 unspecified atom stereocenters. The standard InChI is InChI=1S/C45H26N4OS/c1-3-12-27(13-4-1)43-46-44(28-14-5-2-6-15-28)48-45(47-43)34-19-11-18-31-32-23-24-37-40(42(32)51-41(31)34)33-17-7-9-20-36(33)49(37)29-22-25-39-35(26-29)30-16-8-10-21-38(30)50-39/h1-26H. The number of hydrogen-bond donors (Lipinski definition) is 0. The van der Waals surface area contributed by atoms with E-state index in [4.69, 9.17) is 19.4 Å². The van der Waals surface area contributed by atoms with Crippen LogP contribution in [0.5, 0.6) is 0 Å². The number of benzene rings is 7. The Hall–Kier alpha value is -6.63. The van der Waals surface area contributed by atoms with E-state index in [0.717, 1.165) is 49.0 Å². The van der Waals surface area contributed by atoms with Crippen LogP contribution in [0.15, 0.2) is 162 Å². The lowest BCUT2D eigenvalue weighted by molar-refractivity contribution is 0.669. The van der Waals surface area contributed by atoms with Gasteiger partial charge in [0.1, 0.15) is 11.2 Å². The Morgan fingerprint density at radius 2 is 1.06 bits per heavy atom. The number of fused-ring (bicyclic) bond motifs is 10. The van der Waals surface area contributed by atoms with Crippen molar-refractivity contribution in [3.05, 3.63) is 158 Å². The van der Waals surface area contributed by atoms with E-state index in [2.05, 4.69) is 89.5 Å². The normalized spacial score (nSPS) is 11.9. The first-order valence-corrected chi connectivity index (χ1v) is 17.8. The quantitative estimate of drug-likeness (QED) is 0.187. The maximum absolute atomic E-state index is 6.18. The van der Waals surface area contributed by atoms with Crippen LogP contribution in [0.1, 0.15) is 0 Å². The van der Waals surface area contributed by atoms with Crippen LogP contribution in [0, 0.1) is 0 Å². The topological polar surface area (TPSA) is 56.7 Å². The molecule has 51 heavy (non-hydrogen) atoms. The summed E-state index contributed by atoms with van der Waals surface area (Å²) in [6.45, 7) is 0. The molecule has 0 saturated heterocycles. The number of furan rings is 1. The van der Waals surface area contributed by atoms with Crippen molar-refractivity contribution in [1.82, 2.24) is 19.5 Å². The van der Waals surface area contributed by atoms with Crippen LogP contribution in [0.4, 0.5) is 0 Å². The van der Waals surface area contributed by atoms with Gasteiger partial charge in [0, 0.05) is 64.1 Å². The van der Waals surface area contributed by atoms with Crippen LogP contribution in [-0.2, 0) is 0 Å². The zero-order valence-electron chi connectivity index (χ0n) is 27.1. The molecule has 0 aliphatic rings. The van der Waals surface area contributed by atoms with Crippen LogP contribution in [0.25, 0.3) is 104 Å². The second-order valence-corrected chi connectivity index (χ2v) is 13.8. The fourth-order valence-electron chi connectivity index (χ4n) is 7.54. The predicted octanol–water partition coefficient (Wildman–Crippen LogP) is 12.2. The van der Waals surface area contributed by atoms with Gasteiger partial charge in [-0.2, -0.15) is 0 Å². The molecule has 0 fully saturated rings. The summed E-state index contributed by atoms with van der Waals surface area (Å²) >= 11 is 1.82. The summed E-state index contributed by atoms with van der Waals surface area (Å²) in [4.78, 5) is 15.1. The zero-order valence-corrected chi connectivity index (χ0v) is 27.9. The van der Waals surface area contributed by atoms with E-state index in [0.29, 0.717) is 17.5 Å². The molecule has 0 radical (unpaired) electrons. The summed E-state index contributed by atoms with van der Waals surface area (Å²) in [6.07, 6.45) is 0. The molecular formula is C45H26N4OS. The summed E-state index contributed by atoms with van der Waals surface area (Å²) in [5.74, 6) is 1.98. The Morgan fingerprint density at radius 3 is 1.84 bits per heavy atom. The Morgan fingerprint density at radius 1 is 0.431 bits per heavy atom.